The van der Waals surface area contributed by atoms with Crippen molar-refractivity contribution in [3.05, 3.63) is 0 Å². The van der Waals surface area contributed by atoms with Crippen LogP contribution in [0.25, 0.3) is 0 Å². The van der Waals surface area contributed by atoms with Crippen molar-refractivity contribution < 1.29 is 9.53 Å². The second-order valence-corrected chi connectivity index (χ2v) is 3.42. The van der Waals surface area contributed by atoms with Gasteiger partial charge in [-0.1, -0.05) is 6.92 Å². The van der Waals surface area contributed by atoms with Gasteiger partial charge in [0.25, 0.3) is 0 Å². The zero-order chi connectivity index (χ0) is 11.0. The number of likely N-dealkylation sites (N-methyl/N-ethyl adjacent to an activating group) is 1. The molecule has 0 fully saturated rings. The number of rotatable bonds is 7. The molecule has 0 aliphatic heterocycles. The molecule has 14 heavy (non-hydrogen) atoms. The molecule has 1 amide bonds. The molecule has 1 N–H and O–H groups in total. The molecular formula is C10H22N2O2. The number of carbonyl (C=O) groups excluding carboxylic acids is 1. The van der Waals surface area contributed by atoms with Crippen molar-refractivity contribution in [2.24, 2.45) is 5.92 Å². The number of hydrogen-bond donors (Lipinski definition) is 1. The minimum Gasteiger partial charge on any atom is -0.380 e. The maximum absolute atomic E-state index is 11.7. The summed E-state index contributed by atoms with van der Waals surface area (Å²) in [7, 11) is 3.66. The molecule has 0 aromatic carbocycles. The van der Waals surface area contributed by atoms with E-state index in [0.717, 1.165) is 6.54 Å². The summed E-state index contributed by atoms with van der Waals surface area (Å²) in [6, 6.07) is 0. The van der Waals surface area contributed by atoms with Gasteiger partial charge in [-0.2, -0.15) is 0 Å². The van der Waals surface area contributed by atoms with Crippen molar-refractivity contribution in [2.75, 3.05) is 40.4 Å². The first-order chi connectivity index (χ1) is 6.63. The van der Waals surface area contributed by atoms with Gasteiger partial charge < -0.3 is 15.0 Å². The number of ether oxygens (including phenoxy) is 1. The summed E-state index contributed by atoms with van der Waals surface area (Å²) in [4.78, 5) is 13.4. The molecule has 0 aromatic rings. The molecule has 0 aromatic heterocycles. The lowest BCUT2D eigenvalue weighted by atomic mass is 10.1. The molecule has 1 unspecified atom stereocenters. The van der Waals surface area contributed by atoms with E-state index in [4.69, 9.17) is 4.74 Å². The average Bonchev–Trinajstić information content (AvgIpc) is 2.17. The Morgan fingerprint density at radius 2 is 2.21 bits per heavy atom. The van der Waals surface area contributed by atoms with Crippen molar-refractivity contribution in [3.8, 4) is 0 Å². The second-order valence-electron chi connectivity index (χ2n) is 3.42. The van der Waals surface area contributed by atoms with Gasteiger partial charge in [0.2, 0.25) is 5.91 Å². The normalized spacial score (nSPS) is 12.6. The van der Waals surface area contributed by atoms with Crippen LogP contribution in [0.4, 0.5) is 0 Å². The van der Waals surface area contributed by atoms with Gasteiger partial charge in [0.1, 0.15) is 0 Å². The van der Waals surface area contributed by atoms with Crippen molar-refractivity contribution in [2.45, 2.75) is 13.8 Å². The Hall–Kier alpha value is -0.610. The van der Waals surface area contributed by atoms with Gasteiger partial charge in [0.15, 0.2) is 0 Å². The van der Waals surface area contributed by atoms with Crippen LogP contribution in [-0.4, -0.2) is 51.2 Å². The van der Waals surface area contributed by atoms with Crippen molar-refractivity contribution >= 4 is 5.91 Å². The number of nitrogens with one attached hydrogen (secondary N) is 1. The lowest BCUT2D eigenvalue weighted by Gasteiger charge is -2.21. The van der Waals surface area contributed by atoms with Crippen molar-refractivity contribution in [1.82, 2.24) is 10.2 Å². The van der Waals surface area contributed by atoms with E-state index in [1.54, 1.807) is 4.90 Å². The minimum absolute atomic E-state index is 0.0339. The maximum atomic E-state index is 11.7. The van der Waals surface area contributed by atoms with Gasteiger partial charge in [-0.15, -0.1) is 0 Å². The van der Waals surface area contributed by atoms with Crippen LogP contribution in [0.5, 0.6) is 0 Å². The molecule has 0 aliphatic carbocycles. The largest absolute Gasteiger partial charge is 0.380 e. The number of nitrogens with zero attached hydrogens (tertiary/aromatic N) is 1. The number of amides is 1. The minimum atomic E-state index is 0.0339. The lowest BCUT2D eigenvalue weighted by Crippen LogP contribution is -2.37. The molecule has 1 atom stereocenters. The topological polar surface area (TPSA) is 41.6 Å². The van der Waals surface area contributed by atoms with Crippen molar-refractivity contribution in [1.29, 1.82) is 0 Å². The third kappa shape index (κ3) is 5.19. The highest BCUT2D eigenvalue weighted by Gasteiger charge is 2.15. The molecular weight excluding hydrogens is 180 g/mol. The second kappa shape index (κ2) is 7.76. The summed E-state index contributed by atoms with van der Waals surface area (Å²) in [5, 5.41) is 2.99. The molecule has 0 spiro atoms. The smallest absolute Gasteiger partial charge is 0.226 e. The first-order valence-corrected chi connectivity index (χ1v) is 5.10. The SMILES string of the molecule is CCOCCN(C)C(=O)C(C)CNC. The Labute approximate surface area is 86.6 Å². The first-order valence-electron chi connectivity index (χ1n) is 5.10. The van der Waals surface area contributed by atoms with Gasteiger partial charge in [-0.05, 0) is 14.0 Å². The number of carbonyl (C=O) groups is 1. The summed E-state index contributed by atoms with van der Waals surface area (Å²) in [5.74, 6) is 0.200. The zero-order valence-corrected chi connectivity index (χ0v) is 9.67. The van der Waals surface area contributed by atoms with Crippen LogP contribution >= 0.6 is 0 Å². The van der Waals surface area contributed by atoms with E-state index in [-0.39, 0.29) is 11.8 Å². The summed E-state index contributed by atoms with van der Waals surface area (Å²) >= 11 is 0. The van der Waals surface area contributed by atoms with E-state index in [1.807, 2.05) is 27.9 Å². The summed E-state index contributed by atoms with van der Waals surface area (Å²) in [5.41, 5.74) is 0. The molecule has 0 saturated carbocycles. The van der Waals surface area contributed by atoms with Crippen molar-refractivity contribution in [3.63, 3.8) is 0 Å². The maximum Gasteiger partial charge on any atom is 0.226 e. The monoisotopic (exact) mass is 202 g/mol. The van der Waals surface area contributed by atoms with Crippen LogP contribution in [0.15, 0.2) is 0 Å². The predicted octanol–water partition coefficient (Wildman–Crippen LogP) is 0.337. The van der Waals surface area contributed by atoms with Crippen LogP contribution in [0.1, 0.15) is 13.8 Å². The highest BCUT2D eigenvalue weighted by atomic mass is 16.5. The molecule has 4 nitrogen and oxygen atoms in total. The van der Waals surface area contributed by atoms with Gasteiger partial charge in [0, 0.05) is 32.7 Å². The molecule has 0 aliphatic rings. The summed E-state index contributed by atoms with van der Waals surface area (Å²) in [6.07, 6.45) is 0. The van der Waals surface area contributed by atoms with Crippen LogP contribution in [0, 0.1) is 5.92 Å². The lowest BCUT2D eigenvalue weighted by molar-refractivity contribution is -0.134. The van der Waals surface area contributed by atoms with Crippen LogP contribution < -0.4 is 5.32 Å². The molecule has 0 radical (unpaired) electrons. The standard InChI is InChI=1S/C10H22N2O2/c1-5-14-7-6-12(4)10(13)9(2)8-11-3/h9,11H,5-8H2,1-4H3. The van der Waals surface area contributed by atoms with E-state index < -0.39 is 0 Å². The summed E-state index contributed by atoms with van der Waals surface area (Å²) < 4.78 is 5.18. The van der Waals surface area contributed by atoms with Crippen LogP contribution in [0.2, 0.25) is 0 Å². The highest BCUT2D eigenvalue weighted by molar-refractivity contribution is 5.78. The summed E-state index contributed by atoms with van der Waals surface area (Å²) in [6.45, 7) is 6.58. The predicted molar refractivity (Wildman–Crippen MR) is 57.2 cm³/mol. The van der Waals surface area contributed by atoms with Gasteiger partial charge >= 0.3 is 0 Å². The van der Waals surface area contributed by atoms with Crippen LogP contribution in [0.3, 0.4) is 0 Å². The molecule has 0 rings (SSSR count). The molecule has 0 heterocycles. The Morgan fingerprint density at radius 3 is 2.71 bits per heavy atom. The van der Waals surface area contributed by atoms with Gasteiger partial charge in [-0.3, -0.25) is 4.79 Å². The zero-order valence-electron chi connectivity index (χ0n) is 9.67. The molecule has 0 saturated heterocycles. The Bertz CT molecular complexity index is 162. The highest BCUT2D eigenvalue weighted by Crippen LogP contribution is 1.98. The fourth-order valence-electron chi connectivity index (χ4n) is 1.23. The van der Waals surface area contributed by atoms with E-state index >= 15 is 0 Å². The van der Waals surface area contributed by atoms with Crippen LogP contribution in [-0.2, 0) is 9.53 Å². The van der Waals surface area contributed by atoms with Gasteiger partial charge in [-0.25, -0.2) is 0 Å². The van der Waals surface area contributed by atoms with E-state index in [0.29, 0.717) is 19.8 Å². The fourth-order valence-corrected chi connectivity index (χ4v) is 1.23. The fraction of sp³-hybridized carbons (Fsp3) is 0.900. The average molecular weight is 202 g/mol. The van der Waals surface area contributed by atoms with Gasteiger partial charge in [0.05, 0.1) is 6.61 Å². The first kappa shape index (κ1) is 13.4. The third-order valence-electron chi connectivity index (χ3n) is 2.08. The van der Waals surface area contributed by atoms with E-state index in [2.05, 4.69) is 5.32 Å². The molecule has 4 heteroatoms. The van der Waals surface area contributed by atoms with E-state index in [1.165, 1.54) is 0 Å². The number of hydrogen-bond acceptors (Lipinski definition) is 3. The Morgan fingerprint density at radius 1 is 1.57 bits per heavy atom. The third-order valence-corrected chi connectivity index (χ3v) is 2.08. The molecule has 0 bridgehead atoms. The Balaban J connectivity index is 3.74. The quantitative estimate of drug-likeness (QED) is 0.605. The Kier molecular flexibility index (Phi) is 7.42. The molecule has 84 valence electrons. The van der Waals surface area contributed by atoms with E-state index in [9.17, 15) is 4.79 Å².